The molecule has 0 radical (unpaired) electrons. The Kier molecular flexibility index (Phi) is 6.12. The number of aromatic hydroxyl groups is 3. The SMILES string of the molecule is Cc1cc(C)c(N(c2ccc(Oc3ccc(C)c(O)c3)cc2)c2c(C)cc(C)cc2O)c(O)c1. The van der Waals surface area contributed by atoms with Gasteiger partial charge < -0.3 is 25.0 Å². The molecule has 0 bridgehead atoms. The van der Waals surface area contributed by atoms with Crippen molar-refractivity contribution < 1.29 is 20.1 Å². The summed E-state index contributed by atoms with van der Waals surface area (Å²) in [5.41, 5.74) is 6.40. The highest BCUT2D eigenvalue weighted by molar-refractivity contribution is 5.86. The summed E-state index contributed by atoms with van der Waals surface area (Å²) in [4.78, 5) is 1.87. The van der Waals surface area contributed by atoms with Gasteiger partial charge in [0.05, 0.1) is 11.4 Å². The van der Waals surface area contributed by atoms with Crippen LogP contribution in [0.3, 0.4) is 0 Å². The van der Waals surface area contributed by atoms with Gasteiger partial charge in [-0.3, -0.25) is 0 Å². The summed E-state index contributed by atoms with van der Waals surface area (Å²) in [6.07, 6.45) is 0. The Bertz CT molecular complexity index is 1260. The zero-order chi connectivity index (χ0) is 24.6. The predicted octanol–water partition coefficient (Wildman–Crippen LogP) is 7.61. The van der Waals surface area contributed by atoms with E-state index in [4.69, 9.17) is 4.74 Å². The van der Waals surface area contributed by atoms with Gasteiger partial charge in [-0.2, -0.15) is 0 Å². The van der Waals surface area contributed by atoms with Gasteiger partial charge in [-0.1, -0.05) is 18.2 Å². The Balaban J connectivity index is 1.81. The normalized spacial score (nSPS) is 10.9. The first-order valence-corrected chi connectivity index (χ1v) is 11.1. The number of anilines is 3. The third kappa shape index (κ3) is 4.50. The Morgan fingerprint density at radius 1 is 0.529 bits per heavy atom. The molecule has 0 aliphatic rings. The van der Waals surface area contributed by atoms with Crippen LogP contribution in [-0.4, -0.2) is 15.3 Å². The molecule has 4 rings (SSSR count). The lowest BCUT2D eigenvalue weighted by molar-refractivity contribution is 0.452. The van der Waals surface area contributed by atoms with Crippen LogP contribution in [0, 0.1) is 34.6 Å². The van der Waals surface area contributed by atoms with E-state index in [0.29, 0.717) is 22.9 Å². The van der Waals surface area contributed by atoms with Gasteiger partial charge in [-0.25, -0.2) is 0 Å². The summed E-state index contributed by atoms with van der Waals surface area (Å²) in [5, 5.41) is 31.8. The van der Waals surface area contributed by atoms with Crippen LogP contribution >= 0.6 is 0 Å². The number of ether oxygens (including phenoxy) is 1. The fraction of sp³-hybridized carbons (Fsp3) is 0.172. The first-order valence-electron chi connectivity index (χ1n) is 11.1. The molecule has 34 heavy (non-hydrogen) atoms. The second-order valence-electron chi connectivity index (χ2n) is 8.78. The fourth-order valence-corrected chi connectivity index (χ4v) is 4.28. The maximum Gasteiger partial charge on any atom is 0.140 e. The summed E-state index contributed by atoms with van der Waals surface area (Å²) in [6, 6.07) is 20.0. The third-order valence-corrected chi connectivity index (χ3v) is 5.81. The van der Waals surface area contributed by atoms with Crippen LogP contribution in [0.1, 0.15) is 27.8 Å². The Morgan fingerprint density at radius 2 is 1.03 bits per heavy atom. The Morgan fingerprint density at radius 3 is 1.50 bits per heavy atom. The van der Waals surface area contributed by atoms with Gasteiger partial charge in [0.1, 0.15) is 28.7 Å². The highest BCUT2D eigenvalue weighted by Crippen LogP contribution is 2.47. The molecule has 0 heterocycles. The fourth-order valence-electron chi connectivity index (χ4n) is 4.28. The first kappa shape index (κ1) is 23.1. The summed E-state index contributed by atoms with van der Waals surface area (Å²) in [5.74, 6) is 1.57. The number of phenols is 3. The molecule has 0 aliphatic carbocycles. The lowest BCUT2D eigenvalue weighted by atomic mass is 10.0. The van der Waals surface area contributed by atoms with E-state index in [1.165, 1.54) is 0 Å². The average molecular weight is 456 g/mol. The van der Waals surface area contributed by atoms with E-state index in [0.717, 1.165) is 33.5 Å². The number of benzene rings is 4. The van der Waals surface area contributed by atoms with Crippen molar-refractivity contribution in [2.24, 2.45) is 0 Å². The molecule has 0 saturated heterocycles. The minimum absolute atomic E-state index is 0.132. The van der Waals surface area contributed by atoms with Crippen molar-refractivity contribution >= 4 is 17.1 Å². The van der Waals surface area contributed by atoms with Gasteiger partial charge in [0.15, 0.2) is 0 Å². The van der Waals surface area contributed by atoms with Crippen molar-refractivity contribution in [1.82, 2.24) is 0 Å². The van der Waals surface area contributed by atoms with Crippen LogP contribution in [0.25, 0.3) is 0 Å². The molecular weight excluding hydrogens is 426 g/mol. The number of rotatable bonds is 5. The van der Waals surface area contributed by atoms with Crippen molar-refractivity contribution in [2.75, 3.05) is 4.90 Å². The lowest BCUT2D eigenvalue weighted by Gasteiger charge is -2.30. The number of aryl methyl sites for hydroxylation is 5. The standard InChI is InChI=1S/C29H29NO4/c1-17-12-20(4)28(26(32)14-17)30(29-21(5)13-18(2)15-27(29)33)22-7-10-23(11-8-22)34-24-9-6-19(3)25(31)16-24/h6-16,31-33H,1-5H3. The predicted molar refractivity (Wildman–Crippen MR) is 136 cm³/mol. The molecule has 0 atom stereocenters. The van der Waals surface area contributed by atoms with Gasteiger partial charge in [0.2, 0.25) is 0 Å². The number of phenolic OH excluding ortho intramolecular Hbond substituents is 3. The van der Waals surface area contributed by atoms with E-state index >= 15 is 0 Å². The van der Waals surface area contributed by atoms with Gasteiger partial charge in [0.25, 0.3) is 0 Å². The van der Waals surface area contributed by atoms with Gasteiger partial charge in [-0.15, -0.1) is 0 Å². The first-order chi connectivity index (χ1) is 16.1. The van der Waals surface area contributed by atoms with E-state index in [1.54, 1.807) is 30.3 Å². The van der Waals surface area contributed by atoms with Crippen molar-refractivity contribution in [1.29, 1.82) is 0 Å². The van der Waals surface area contributed by atoms with Crippen LogP contribution in [0.5, 0.6) is 28.7 Å². The monoisotopic (exact) mass is 455 g/mol. The maximum absolute atomic E-state index is 10.9. The number of hydrogen-bond acceptors (Lipinski definition) is 5. The molecule has 0 aromatic heterocycles. The van der Waals surface area contributed by atoms with Crippen LogP contribution in [0.15, 0.2) is 66.7 Å². The molecule has 174 valence electrons. The third-order valence-electron chi connectivity index (χ3n) is 5.81. The molecule has 3 N–H and O–H groups in total. The van der Waals surface area contributed by atoms with Gasteiger partial charge in [0, 0.05) is 11.8 Å². The topological polar surface area (TPSA) is 73.2 Å². The van der Waals surface area contributed by atoms with E-state index in [-0.39, 0.29) is 17.2 Å². The van der Waals surface area contributed by atoms with E-state index < -0.39 is 0 Å². The largest absolute Gasteiger partial charge is 0.508 e. The zero-order valence-corrected chi connectivity index (χ0v) is 20.0. The molecule has 0 fully saturated rings. The summed E-state index contributed by atoms with van der Waals surface area (Å²) in [7, 11) is 0. The quantitative estimate of drug-likeness (QED) is 0.289. The molecule has 5 nitrogen and oxygen atoms in total. The van der Waals surface area contributed by atoms with Crippen molar-refractivity contribution in [2.45, 2.75) is 34.6 Å². The molecule has 0 aliphatic heterocycles. The average Bonchev–Trinajstić information content (AvgIpc) is 2.74. The summed E-state index contributed by atoms with van der Waals surface area (Å²) >= 11 is 0. The van der Waals surface area contributed by atoms with Crippen LogP contribution in [-0.2, 0) is 0 Å². The molecule has 0 spiro atoms. The van der Waals surface area contributed by atoms with Crippen molar-refractivity contribution in [3.8, 4) is 28.7 Å². The van der Waals surface area contributed by atoms with Crippen LogP contribution in [0.2, 0.25) is 0 Å². The van der Waals surface area contributed by atoms with Gasteiger partial charge in [-0.05, 0) is 105 Å². The molecule has 4 aromatic carbocycles. The van der Waals surface area contributed by atoms with E-state index in [2.05, 4.69) is 0 Å². The zero-order valence-electron chi connectivity index (χ0n) is 20.0. The van der Waals surface area contributed by atoms with Crippen LogP contribution in [0.4, 0.5) is 17.1 Å². The van der Waals surface area contributed by atoms with Crippen LogP contribution < -0.4 is 9.64 Å². The molecular formula is C29H29NO4. The Labute approximate surface area is 200 Å². The summed E-state index contributed by atoms with van der Waals surface area (Å²) < 4.78 is 5.91. The minimum Gasteiger partial charge on any atom is -0.508 e. The molecule has 4 aromatic rings. The molecule has 5 heteroatoms. The van der Waals surface area contributed by atoms with E-state index in [9.17, 15) is 15.3 Å². The number of hydrogen-bond donors (Lipinski definition) is 3. The smallest absolute Gasteiger partial charge is 0.140 e. The van der Waals surface area contributed by atoms with Crippen molar-refractivity contribution in [3.05, 3.63) is 94.5 Å². The second-order valence-corrected chi connectivity index (χ2v) is 8.78. The second kappa shape index (κ2) is 9.02. The molecule has 0 amide bonds. The minimum atomic E-state index is 0.132. The lowest BCUT2D eigenvalue weighted by Crippen LogP contribution is -2.13. The summed E-state index contributed by atoms with van der Waals surface area (Å²) in [6.45, 7) is 9.58. The van der Waals surface area contributed by atoms with Gasteiger partial charge >= 0.3 is 0 Å². The van der Waals surface area contributed by atoms with Crippen molar-refractivity contribution in [3.63, 3.8) is 0 Å². The molecule has 0 unspecified atom stereocenters. The highest BCUT2D eigenvalue weighted by Gasteiger charge is 2.23. The highest BCUT2D eigenvalue weighted by atomic mass is 16.5. The van der Waals surface area contributed by atoms with E-state index in [1.807, 2.05) is 75.9 Å². The molecule has 0 saturated carbocycles. The number of nitrogens with zero attached hydrogens (tertiary/aromatic N) is 1. The maximum atomic E-state index is 10.9. The Hall–Kier alpha value is -4.12.